The molecule has 0 saturated heterocycles. The second-order valence-electron chi connectivity index (χ2n) is 6.29. The van der Waals surface area contributed by atoms with Crippen LogP contribution in [0.2, 0.25) is 0 Å². The van der Waals surface area contributed by atoms with Gasteiger partial charge in [-0.05, 0) is 51.0 Å². The summed E-state index contributed by atoms with van der Waals surface area (Å²) >= 11 is 1.94. The molecule has 2 atom stereocenters. The Kier molecular flexibility index (Phi) is 8.04. The predicted molar refractivity (Wildman–Crippen MR) is 106 cm³/mol. The maximum atomic E-state index is 12.0. The molecule has 0 radical (unpaired) electrons. The summed E-state index contributed by atoms with van der Waals surface area (Å²) in [5.41, 5.74) is 1.07. The molecule has 1 aliphatic rings. The van der Waals surface area contributed by atoms with Crippen LogP contribution in [0.15, 0.2) is 23.3 Å². The third-order valence-electron chi connectivity index (χ3n) is 4.19. The van der Waals surface area contributed by atoms with Gasteiger partial charge in [-0.2, -0.15) is 11.8 Å². The summed E-state index contributed by atoms with van der Waals surface area (Å²) in [4.78, 5) is 20.7. The lowest BCUT2D eigenvalue weighted by Crippen LogP contribution is -2.42. The molecule has 7 heteroatoms. The van der Waals surface area contributed by atoms with Crippen molar-refractivity contribution in [1.29, 1.82) is 0 Å². The number of thioether (sulfide) groups is 1. The summed E-state index contributed by atoms with van der Waals surface area (Å²) in [6, 6.07) is 4.21. The zero-order chi connectivity index (χ0) is 18.1. The molecule has 138 valence electrons. The highest BCUT2D eigenvalue weighted by Gasteiger charge is 2.24. The van der Waals surface area contributed by atoms with Gasteiger partial charge in [-0.25, -0.2) is 4.98 Å². The van der Waals surface area contributed by atoms with Crippen LogP contribution in [-0.2, 0) is 4.79 Å². The highest BCUT2D eigenvalue weighted by Crippen LogP contribution is 2.27. The van der Waals surface area contributed by atoms with Gasteiger partial charge in [0.25, 0.3) is 0 Å². The van der Waals surface area contributed by atoms with E-state index in [1.165, 1.54) is 19.3 Å². The van der Waals surface area contributed by atoms with E-state index in [-0.39, 0.29) is 5.91 Å². The van der Waals surface area contributed by atoms with Gasteiger partial charge in [0.2, 0.25) is 5.91 Å². The third-order valence-corrected chi connectivity index (χ3v) is 5.29. The number of nitrogens with one attached hydrogen (secondary N) is 3. The summed E-state index contributed by atoms with van der Waals surface area (Å²) < 4.78 is 0. The van der Waals surface area contributed by atoms with E-state index in [1.54, 1.807) is 6.20 Å². The van der Waals surface area contributed by atoms with Gasteiger partial charge in [0.05, 0.1) is 6.54 Å². The van der Waals surface area contributed by atoms with E-state index >= 15 is 0 Å². The molecule has 1 saturated carbocycles. The van der Waals surface area contributed by atoms with Gasteiger partial charge in [-0.3, -0.25) is 9.79 Å². The van der Waals surface area contributed by atoms with Gasteiger partial charge < -0.3 is 16.0 Å². The van der Waals surface area contributed by atoms with Gasteiger partial charge in [0.1, 0.15) is 5.82 Å². The molecule has 1 aromatic heterocycles. The summed E-state index contributed by atoms with van der Waals surface area (Å²) in [5, 5.41) is 10.3. The molecule has 0 aromatic carbocycles. The van der Waals surface area contributed by atoms with Crippen molar-refractivity contribution >= 4 is 29.4 Å². The first-order valence-corrected chi connectivity index (χ1v) is 10.2. The number of nitrogens with zero attached hydrogens (tertiary/aromatic N) is 2. The minimum atomic E-state index is -0.0701. The lowest BCUT2D eigenvalue weighted by molar-refractivity contribution is -0.116. The van der Waals surface area contributed by atoms with Crippen molar-refractivity contribution in [2.75, 3.05) is 24.7 Å². The fraction of sp³-hybridized carbons (Fsp3) is 0.611. The summed E-state index contributed by atoms with van der Waals surface area (Å²) in [6.07, 6.45) is 7.85. The standard InChI is InChI=1S/C18H29N5OS/c1-4-19-18(22-14-6-7-15(11-14)25-3)20-10-9-17(24)23-16-8-5-13(2)12-21-16/h5,8,12,14-15H,4,6-7,9-11H2,1-3H3,(H2,19,20,22)(H,21,23,24). The van der Waals surface area contributed by atoms with Crippen molar-refractivity contribution in [3.8, 4) is 0 Å². The van der Waals surface area contributed by atoms with Crippen LogP contribution >= 0.6 is 11.8 Å². The minimum Gasteiger partial charge on any atom is -0.357 e. The first-order chi connectivity index (χ1) is 12.1. The number of amides is 1. The molecule has 0 spiro atoms. The monoisotopic (exact) mass is 363 g/mol. The van der Waals surface area contributed by atoms with Gasteiger partial charge in [0.15, 0.2) is 5.96 Å². The number of aromatic nitrogens is 1. The molecule has 0 bridgehead atoms. The van der Waals surface area contributed by atoms with Crippen LogP contribution in [0, 0.1) is 6.92 Å². The van der Waals surface area contributed by atoms with E-state index in [2.05, 4.69) is 32.2 Å². The first-order valence-electron chi connectivity index (χ1n) is 8.90. The fourth-order valence-corrected chi connectivity index (χ4v) is 3.61. The smallest absolute Gasteiger partial charge is 0.227 e. The zero-order valence-electron chi connectivity index (χ0n) is 15.3. The number of pyridine rings is 1. The van der Waals surface area contributed by atoms with Crippen LogP contribution in [-0.4, -0.2) is 47.5 Å². The predicted octanol–water partition coefficient (Wildman–Crippen LogP) is 2.56. The second-order valence-corrected chi connectivity index (χ2v) is 7.43. The van der Waals surface area contributed by atoms with Crippen LogP contribution in [0.25, 0.3) is 0 Å². The molecule has 1 aliphatic carbocycles. The van der Waals surface area contributed by atoms with E-state index in [4.69, 9.17) is 0 Å². The molecule has 2 unspecified atom stereocenters. The molecule has 3 N–H and O–H groups in total. The lowest BCUT2D eigenvalue weighted by atomic mass is 10.2. The second kappa shape index (κ2) is 10.3. The van der Waals surface area contributed by atoms with Crippen molar-refractivity contribution < 1.29 is 4.79 Å². The topological polar surface area (TPSA) is 78.4 Å². The van der Waals surface area contributed by atoms with Crippen molar-refractivity contribution in [3.63, 3.8) is 0 Å². The highest BCUT2D eigenvalue weighted by molar-refractivity contribution is 7.99. The maximum Gasteiger partial charge on any atom is 0.227 e. The van der Waals surface area contributed by atoms with Crippen LogP contribution in [0.4, 0.5) is 5.82 Å². The SMILES string of the molecule is CCNC(=NCCC(=O)Nc1ccc(C)cn1)NC1CCC(SC)C1. The summed E-state index contributed by atoms with van der Waals surface area (Å²) in [7, 11) is 0. The van der Waals surface area contributed by atoms with Crippen molar-refractivity contribution in [2.45, 2.75) is 50.8 Å². The third kappa shape index (κ3) is 6.94. The van der Waals surface area contributed by atoms with E-state index in [0.29, 0.717) is 24.8 Å². The number of hydrogen-bond donors (Lipinski definition) is 3. The van der Waals surface area contributed by atoms with Gasteiger partial charge in [0, 0.05) is 30.5 Å². The number of carbonyl (C=O) groups excluding carboxylic acids is 1. The van der Waals surface area contributed by atoms with Crippen molar-refractivity contribution in [1.82, 2.24) is 15.6 Å². The number of aliphatic imine (C=N–C) groups is 1. The summed E-state index contributed by atoms with van der Waals surface area (Å²) in [6.45, 7) is 5.27. The molecular formula is C18H29N5OS. The Hall–Kier alpha value is -1.76. The van der Waals surface area contributed by atoms with Crippen LogP contribution < -0.4 is 16.0 Å². The van der Waals surface area contributed by atoms with Crippen molar-refractivity contribution in [2.24, 2.45) is 4.99 Å². The summed E-state index contributed by atoms with van der Waals surface area (Å²) in [5.74, 6) is 1.31. The minimum absolute atomic E-state index is 0.0701. The van der Waals surface area contributed by atoms with Gasteiger partial charge >= 0.3 is 0 Å². The Morgan fingerprint density at radius 3 is 2.88 bits per heavy atom. The van der Waals surface area contributed by atoms with Gasteiger partial charge in [-0.15, -0.1) is 0 Å². The Labute approximate surface area is 154 Å². The number of rotatable bonds is 7. The van der Waals surface area contributed by atoms with E-state index < -0.39 is 0 Å². The molecule has 2 rings (SSSR count). The maximum absolute atomic E-state index is 12.0. The lowest BCUT2D eigenvalue weighted by Gasteiger charge is -2.17. The number of hydrogen-bond acceptors (Lipinski definition) is 4. The Morgan fingerprint density at radius 2 is 2.24 bits per heavy atom. The average molecular weight is 364 g/mol. The van der Waals surface area contributed by atoms with Crippen molar-refractivity contribution in [3.05, 3.63) is 23.9 Å². The molecule has 25 heavy (non-hydrogen) atoms. The molecule has 1 aromatic rings. The number of guanidine groups is 1. The molecule has 1 heterocycles. The number of aryl methyl sites for hydroxylation is 1. The Morgan fingerprint density at radius 1 is 1.40 bits per heavy atom. The highest BCUT2D eigenvalue weighted by atomic mass is 32.2. The molecular weight excluding hydrogens is 334 g/mol. The zero-order valence-corrected chi connectivity index (χ0v) is 16.2. The van der Waals surface area contributed by atoms with Gasteiger partial charge in [-0.1, -0.05) is 6.07 Å². The first kappa shape index (κ1) is 19.6. The van der Waals surface area contributed by atoms with E-state index in [9.17, 15) is 4.79 Å². The largest absolute Gasteiger partial charge is 0.357 e. The normalized spacial score (nSPS) is 20.4. The van der Waals surface area contributed by atoms with Crippen LogP contribution in [0.5, 0.6) is 0 Å². The Bertz CT molecular complexity index is 575. The fourth-order valence-electron chi connectivity index (χ4n) is 2.82. The van der Waals surface area contributed by atoms with Crippen LogP contribution in [0.3, 0.4) is 0 Å². The molecule has 1 fully saturated rings. The molecule has 0 aliphatic heterocycles. The number of carbonyl (C=O) groups is 1. The average Bonchev–Trinajstić information content (AvgIpc) is 3.05. The van der Waals surface area contributed by atoms with E-state index in [1.807, 2.05) is 37.7 Å². The van der Waals surface area contributed by atoms with E-state index in [0.717, 1.165) is 23.3 Å². The Balaban J connectivity index is 1.78. The molecule has 1 amide bonds. The quantitative estimate of drug-likeness (QED) is 0.513. The van der Waals surface area contributed by atoms with Crippen LogP contribution in [0.1, 0.15) is 38.2 Å². The molecule has 6 nitrogen and oxygen atoms in total. The number of anilines is 1.